The van der Waals surface area contributed by atoms with Gasteiger partial charge in [0.05, 0.1) is 22.2 Å². The highest BCUT2D eigenvalue weighted by atomic mass is 35.5. The summed E-state index contributed by atoms with van der Waals surface area (Å²) < 4.78 is 5.55. The van der Waals surface area contributed by atoms with Crippen LogP contribution in [0.25, 0.3) is 12.2 Å². The first-order chi connectivity index (χ1) is 16.9. The molecule has 0 aromatic heterocycles. The van der Waals surface area contributed by atoms with Crippen molar-refractivity contribution in [2.24, 2.45) is 0 Å². The van der Waals surface area contributed by atoms with Crippen molar-refractivity contribution < 1.29 is 14.6 Å². The maximum atomic E-state index is 12.8. The van der Waals surface area contributed by atoms with Crippen molar-refractivity contribution in [1.29, 1.82) is 0 Å². The Kier molecular flexibility index (Phi) is 7.76. The SMILES string of the molecule is Cc1ccc(/C=C/c2cc(O)cc(OC(=O)Cc3ccccc3Nc3c(Cl)cccc3Cl)c2)cc1. The molecule has 0 spiro atoms. The zero-order valence-electron chi connectivity index (χ0n) is 19.0. The van der Waals surface area contributed by atoms with Crippen LogP contribution in [0.4, 0.5) is 11.4 Å². The summed E-state index contributed by atoms with van der Waals surface area (Å²) >= 11 is 12.6. The van der Waals surface area contributed by atoms with Gasteiger partial charge in [-0.2, -0.15) is 0 Å². The van der Waals surface area contributed by atoms with Gasteiger partial charge in [-0.05, 0) is 53.9 Å². The third-order valence-electron chi connectivity index (χ3n) is 5.27. The van der Waals surface area contributed by atoms with Crippen LogP contribution < -0.4 is 10.1 Å². The molecule has 0 aliphatic carbocycles. The molecule has 4 aromatic carbocycles. The van der Waals surface area contributed by atoms with Crippen LogP contribution in [0, 0.1) is 6.92 Å². The Labute approximate surface area is 214 Å². The number of hydrogen-bond acceptors (Lipinski definition) is 4. The molecule has 4 nitrogen and oxygen atoms in total. The van der Waals surface area contributed by atoms with Gasteiger partial charge in [0, 0.05) is 11.8 Å². The number of carbonyl (C=O) groups is 1. The Bertz CT molecular complexity index is 1360. The largest absolute Gasteiger partial charge is 0.508 e. The van der Waals surface area contributed by atoms with Crippen molar-refractivity contribution in [3.05, 3.63) is 117 Å². The third kappa shape index (κ3) is 6.66. The highest BCUT2D eigenvalue weighted by Crippen LogP contribution is 2.34. The minimum atomic E-state index is -0.469. The molecule has 0 bridgehead atoms. The fraction of sp³-hybridized carbons (Fsp3) is 0.0690. The molecule has 2 N–H and O–H groups in total. The van der Waals surface area contributed by atoms with E-state index < -0.39 is 5.97 Å². The van der Waals surface area contributed by atoms with Gasteiger partial charge >= 0.3 is 5.97 Å². The molecule has 0 atom stereocenters. The van der Waals surface area contributed by atoms with E-state index >= 15 is 0 Å². The van der Waals surface area contributed by atoms with E-state index in [4.69, 9.17) is 27.9 Å². The molecule has 0 saturated carbocycles. The number of hydrogen-bond donors (Lipinski definition) is 2. The van der Waals surface area contributed by atoms with Gasteiger partial charge < -0.3 is 15.2 Å². The highest BCUT2D eigenvalue weighted by Gasteiger charge is 2.13. The maximum Gasteiger partial charge on any atom is 0.315 e. The molecule has 4 aromatic rings. The summed E-state index contributed by atoms with van der Waals surface area (Å²) in [7, 11) is 0. The van der Waals surface area contributed by atoms with Crippen LogP contribution in [-0.2, 0) is 11.2 Å². The van der Waals surface area contributed by atoms with E-state index in [-0.39, 0.29) is 17.9 Å². The number of phenolic OH excluding ortho intramolecular Hbond substituents is 1. The fourth-order valence-corrected chi connectivity index (χ4v) is 3.99. The van der Waals surface area contributed by atoms with Gasteiger partial charge in [-0.25, -0.2) is 0 Å². The second kappa shape index (κ2) is 11.1. The molecule has 0 fully saturated rings. The molecule has 4 rings (SSSR count). The fourth-order valence-electron chi connectivity index (χ4n) is 3.50. The average Bonchev–Trinajstić information content (AvgIpc) is 2.82. The summed E-state index contributed by atoms with van der Waals surface area (Å²) in [5.41, 5.74) is 4.89. The summed E-state index contributed by atoms with van der Waals surface area (Å²) in [5.74, 6) is -0.198. The van der Waals surface area contributed by atoms with Crippen molar-refractivity contribution in [1.82, 2.24) is 0 Å². The second-order valence-corrected chi connectivity index (χ2v) is 8.85. The Hall–Kier alpha value is -3.73. The molecule has 0 aliphatic rings. The summed E-state index contributed by atoms with van der Waals surface area (Å²) in [6, 6.07) is 25.4. The highest BCUT2D eigenvalue weighted by molar-refractivity contribution is 6.39. The van der Waals surface area contributed by atoms with Crippen molar-refractivity contribution in [3.8, 4) is 11.5 Å². The van der Waals surface area contributed by atoms with Crippen LogP contribution >= 0.6 is 23.2 Å². The van der Waals surface area contributed by atoms with E-state index in [9.17, 15) is 9.90 Å². The third-order valence-corrected chi connectivity index (χ3v) is 5.90. The van der Waals surface area contributed by atoms with Gasteiger partial charge in [-0.3, -0.25) is 4.79 Å². The normalized spacial score (nSPS) is 10.9. The number of phenols is 1. The number of nitrogens with one attached hydrogen (secondary N) is 1. The molecule has 0 amide bonds. The number of esters is 1. The number of halogens is 2. The Morgan fingerprint density at radius 3 is 2.31 bits per heavy atom. The summed E-state index contributed by atoms with van der Waals surface area (Å²) in [5, 5.41) is 14.3. The lowest BCUT2D eigenvalue weighted by atomic mass is 10.1. The van der Waals surface area contributed by atoms with Crippen molar-refractivity contribution >= 4 is 52.7 Å². The minimum absolute atomic E-state index is 0.00860. The number of benzene rings is 4. The molecule has 176 valence electrons. The maximum absolute atomic E-state index is 12.8. The van der Waals surface area contributed by atoms with E-state index in [0.717, 1.165) is 5.56 Å². The zero-order chi connectivity index (χ0) is 24.8. The Morgan fingerprint density at radius 2 is 1.57 bits per heavy atom. The van der Waals surface area contributed by atoms with E-state index in [1.165, 1.54) is 11.6 Å². The van der Waals surface area contributed by atoms with Crippen molar-refractivity contribution in [2.75, 3.05) is 5.32 Å². The van der Waals surface area contributed by atoms with E-state index in [2.05, 4.69) is 5.32 Å². The minimum Gasteiger partial charge on any atom is -0.508 e. The molecule has 6 heteroatoms. The van der Waals surface area contributed by atoms with Gasteiger partial charge in [0.1, 0.15) is 11.5 Å². The van der Waals surface area contributed by atoms with Crippen LogP contribution in [0.2, 0.25) is 10.0 Å². The van der Waals surface area contributed by atoms with E-state index in [1.54, 1.807) is 30.3 Å². The number of para-hydroxylation sites is 2. The molecular weight excluding hydrogens is 481 g/mol. The Balaban J connectivity index is 1.48. The van der Waals surface area contributed by atoms with E-state index in [0.29, 0.717) is 32.5 Å². The van der Waals surface area contributed by atoms with Gasteiger partial charge in [-0.1, -0.05) is 89.4 Å². The summed E-state index contributed by atoms with van der Waals surface area (Å²) in [6.45, 7) is 2.03. The number of rotatable bonds is 7. The molecule has 0 unspecified atom stereocenters. The average molecular weight is 504 g/mol. The van der Waals surface area contributed by atoms with Crippen LogP contribution in [0.1, 0.15) is 22.3 Å². The topological polar surface area (TPSA) is 58.6 Å². The lowest BCUT2D eigenvalue weighted by molar-refractivity contribution is -0.133. The molecule has 0 saturated heterocycles. The number of aromatic hydroxyl groups is 1. The van der Waals surface area contributed by atoms with Gasteiger partial charge in [0.15, 0.2) is 0 Å². The molecule has 0 aliphatic heterocycles. The lowest BCUT2D eigenvalue weighted by Gasteiger charge is -2.14. The summed E-state index contributed by atoms with van der Waals surface area (Å²) in [6.07, 6.45) is 3.80. The number of anilines is 2. The van der Waals surface area contributed by atoms with Gasteiger partial charge in [0.25, 0.3) is 0 Å². The van der Waals surface area contributed by atoms with Gasteiger partial charge in [-0.15, -0.1) is 0 Å². The van der Waals surface area contributed by atoms with Crippen molar-refractivity contribution in [3.63, 3.8) is 0 Å². The first kappa shape index (κ1) is 24.4. The first-order valence-corrected chi connectivity index (χ1v) is 11.7. The molecular formula is C29H23Cl2NO3. The molecule has 35 heavy (non-hydrogen) atoms. The zero-order valence-corrected chi connectivity index (χ0v) is 20.5. The molecule has 0 heterocycles. The summed E-state index contributed by atoms with van der Waals surface area (Å²) in [4.78, 5) is 12.8. The molecule has 0 radical (unpaired) electrons. The van der Waals surface area contributed by atoms with Crippen molar-refractivity contribution in [2.45, 2.75) is 13.3 Å². The lowest BCUT2D eigenvalue weighted by Crippen LogP contribution is -2.12. The number of carbonyl (C=O) groups excluding carboxylic acids is 1. The van der Waals surface area contributed by atoms with E-state index in [1.807, 2.05) is 67.6 Å². The smallest absolute Gasteiger partial charge is 0.315 e. The predicted molar refractivity (Wildman–Crippen MR) is 144 cm³/mol. The monoisotopic (exact) mass is 503 g/mol. The van der Waals surface area contributed by atoms with Crippen LogP contribution in [-0.4, -0.2) is 11.1 Å². The first-order valence-electron chi connectivity index (χ1n) is 11.0. The van der Waals surface area contributed by atoms with Crippen LogP contribution in [0.3, 0.4) is 0 Å². The van der Waals surface area contributed by atoms with Gasteiger partial charge in [0.2, 0.25) is 0 Å². The van der Waals surface area contributed by atoms with Crippen LogP contribution in [0.5, 0.6) is 11.5 Å². The second-order valence-electron chi connectivity index (χ2n) is 8.03. The quantitative estimate of drug-likeness (QED) is 0.152. The van der Waals surface area contributed by atoms with Crippen LogP contribution in [0.15, 0.2) is 84.9 Å². The predicted octanol–water partition coefficient (Wildman–Crippen LogP) is 8.07. The number of ether oxygens (including phenoxy) is 1. The number of aryl methyl sites for hydroxylation is 1. The standard InChI is InChI=1S/C29H23Cl2NO3/c1-19-9-11-20(12-10-19)13-14-21-15-23(33)18-24(16-21)35-28(34)17-22-5-2-3-8-27(22)32-29-25(30)6-4-7-26(29)31/h2-16,18,32-33H,17H2,1H3/b14-13+. The Morgan fingerprint density at radius 1 is 0.886 bits per heavy atom.